The summed E-state index contributed by atoms with van der Waals surface area (Å²) in [7, 11) is 0. The third kappa shape index (κ3) is 2.99. The molecule has 0 saturated carbocycles. The number of nitrogens with two attached hydrogens (primary N) is 1. The molecule has 0 radical (unpaired) electrons. The highest BCUT2D eigenvalue weighted by molar-refractivity contribution is 9.10. The number of hydrogen-bond donors (Lipinski definition) is 2. The highest BCUT2D eigenvalue weighted by Gasteiger charge is 2.13. The Labute approximate surface area is 125 Å². The number of amides is 1. The lowest BCUT2D eigenvalue weighted by Crippen LogP contribution is -2.14. The van der Waals surface area contributed by atoms with E-state index in [4.69, 9.17) is 5.73 Å². The molecule has 3 nitrogen and oxygen atoms in total. The Hall–Kier alpha value is -1.88. The number of anilines is 2. The Bertz CT molecular complexity index is 686. The second-order valence-corrected chi connectivity index (χ2v) is 5.50. The van der Waals surface area contributed by atoms with Crippen molar-refractivity contribution in [2.45, 2.75) is 13.8 Å². The molecule has 2 rings (SSSR count). The first-order valence-corrected chi connectivity index (χ1v) is 6.81. The van der Waals surface area contributed by atoms with Crippen LogP contribution in [0.25, 0.3) is 0 Å². The van der Waals surface area contributed by atoms with Crippen molar-refractivity contribution >= 4 is 33.2 Å². The maximum atomic E-state index is 13.2. The lowest BCUT2D eigenvalue weighted by molar-refractivity contribution is 0.102. The lowest BCUT2D eigenvalue weighted by atomic mass is 10.1. The van der Waals surface area contributed by atoms with E-state index in [0.717, 1.165) is 4.47 Å². The van der Waals surface area contributed by atoms with Gasteiger partial charge in [-0.25, -0.2) is 4.39 Å². The van der Waals surface area contributed by atoms with Gasteiger partial charge in [0.1, 0.15) is 5.82 Å². The number of nitrogens with one attached hydrogen (secondary N) is 1. The van der Waals surface area contributed by atoms with Gasteiger partial charge in [0, 0.05) is 21.4 Å². The maximum Gasteiger partial charge on any atom is 0.256 e. The van der Waals surface area contributed by atoms with Crippen LogP contribution in [0.2, 0.25) is 0 Å². The molecule has 20 heavy (non-hydrogen) atoms. The van der Waals surface area contributed by atoms with E-state index in [0.29, 0.717) is 28.1 Å². The molecule has 0 bridgehead atoms. The Kier molecular flexibility index (Phi) is 4.09. The Morgan fingerprint density at radius 1 is 1.25 bits per heavy atom. The molecule has 104 valence electrons. The standard InChI is InChI=1S/C15H14BrFN2O/c1-8-5-11(3-4-13(8)17)19-15(20)12-6-10(16)7-14(18)9(12)2/h3-7H,18H2,1-2H3,(H,19,20). The quantitative estimate of drug-likeness (QED) is 0.813. The SMILES string of the molecule is Cc1cc(NC(=O)c2cc(Br)cc(N)c2C)ccc1F. The Morgan fingerprint density at radius 3 is 2.60 bits per heavy atom. The van der Waals surface area contributed by atoms with Crippen molar-refractivity contribution in [1.82, 2.24) is 0 Å². The van der Waals surface area contributed by atoms with Crippen LogP contribution in [0.4, 0.5) is 15.8 Å². The summed E-state index contributed by atoms with van der Waals surface area (Å²) in [5.41, 5.74) is 8.60. The van der Waals surface area contributed by atoms with Gasteiger partial charge >= 0.3 is 0 Å². The van der Waals surface area contributed by atoms with E-state index in [9.17, 15) is 9.18 Å². The number of rotatable bonds is 2. The van der Waals surface area contributed by atoms with Gasteiger partial charge in [-0.15, -0.1) is 0 Å². The van der Waals surface area contributed by atoms with Crippen LogP contribution >= 0.6 is 15.9 Å². The van der Waals surface area contributed by atoms with Gasteiger partial charge in [-0.1, -0.05) is 15.9 Å². The van der Waals surface area contributed by atoms with Crippen LogP contribution in [-0.4, -0.2) is 5.91 Å². The van der Waals surface area contributed by atoms with Crippen LogP contribution < -0.4 is 11.1 Å². The van der Waals surface area contributed by atoms with Gasteiger partial charge in [0.2, 0.25) is 0 Å². The number of hydrogen-bond acceptors (Lipinski definition) is 2. The summed E-state index contributed by atoms with van der Waals surface area (Å²) in [6.45, 7) is 3.43. The van der Waals surface area contributed by atoms with Gasteiger partial charge in [0.05, 0.1) is 0 Å². The zero-order valence-electron chi connectivity index (χ0n) is 11.1. The van der Waals surface area contributed by atoms with Crippen molar-refractivity contribution in [1.29, 1.82) is 0 Å². The monoisotopic (exact) mass is 336 g/mol. The first-order chi connectivity index (χ1) is 9.38. The summed E-state index contributed by atoms with van der Waals surface area (Å²) < 4.78 is 13.9. The summed E-state index contributed by atoms with van der Waals surface area (Å²) >= 11 is 3.31. The molecule has 0 atom stereocenters. The fourth-order valence-corrected chi connectivity index (χ4v) is 2.33. The summed E-state index contributed by atoms with van der Waals surface area (Å²) in [4.78, 5) is 12.3. The average molecular weight is 337 g/mol. The number of carbonyl (C=O) groups is 1. The van der Waals surface area contributed by atoms with Crippen molar-refractivity contribution in [3.8, 4) is 0 Å². The first kappa shape index (κ1) is 14.5. The summed E-state index contributed by atoms with van der Waals surface area (Å²) in [6, 6.07) is 7.89. The van der Waals surface area contributed by atoms with E-state index >= 15 is 0 Å². The van der Waals surface area contributed by atoms with Crippen LogP contribution in [0.1, 0.15) is 21.5 Å². The number of benzene rings is 2. The molecule has 2 aromatic rings. The minimum Gasteiger partial charge on any atom is -0.398 e. The molecule has 5 heteroatoms. The second-order valence-electron chi connectivity index (χ2n) is 4.59. The largest absolute Gasteiger partial charge is 0.398 e. The molecule has 0 unspecified atom stereocenters. The zero-order chi connectivity index (χ0) is 14.9. The van der Waals surface area contributed by atoms with Crippen molar-refractivity contribution in [2.75, 3.05) is 11.1 Å². The van der Waals surface area contributed by atoms with Crippen molar-refractivity contribution in [3.63, 3.8) is 0 Å². The molecule has 2 aromatic carbocycles. The maximum absolute atomic E-state index is 13.2. The van der Waals surface area contributed by atoms with Gasteiger partial charge in [0.25, 0.3) is 5.91 Å². The lowest BCUT2D eigenvalue weighted by Gasteiger charge is -2.11. The fourth-order valence-electron chi connectivity index (χ4n) is 1.86. The molecular weight excluding hydrogens is 323 g/mol. The van der Waals surface area contributed by atoms with Crippen LogP contribution in [-0.2, 0) is 0 Å². The first-order valence-electron chi connectivity index (χ1n) is 6.01. The molecule has 1 amide bonds. The molecule has 0 aliphatic carbocycles. The highest BCUT2D eigenvalue weighted by Crippen LogP contribution is 2.24. The van der Waals surface area contributed by atoms with Crippen LogP contribution in [0, 0.1) is 19.7 Å². The van der Waals surface area contributed by atoms with Gasteiger partial charge in [-0.05, 0) is 55.3 Å². The number of aryl methyl sites for hydroxylation is 1. The molecule has 0 heterocycles. The van der Waals surface area contributed by atoms with E-state index in [-0.39, 0.29) is 11.7 Å². The smallest absolute Gasteiger partial charge is 0.256 e. The average Bonchev–Trinajstić information content (AvgIpc) is 2.38. The Morgan fingerprint density at radius 2 is 1.95 bits per heavy atom. The van der Waals surface area contributed by atoms with Gasteiger partial charge in [0.15, 0.2) is 0 Å². The molecule has 0 saturated heterocycles. The Balaban J connectivity index is 2.30. The molecule has 0 aliphatic heterocycles. The minimum absolute atomic E-state index is 0.276. The third-order valence-corrected chi connectivity index (χ3v) is 3.53. The van der Waals surface area contributed by atoms with Crippen molar-refractivity contribution in [2.24, 2.45) is 0 Å². The molecule has 0 aliphatic rings. The second kappa shape index (κ2) is 5.63. The van der Waals surface area contributed by atoms with E-state index in [1.54, 1.807) is 32.0 Å². The van der Waals surface area contributed by atoms with E-state index in [2.05, 4.69) is 21.2 Å². The van der Waals surface area contributed by atoms with Crippen molar-refractivity contribution < 1.29 is 9.18 Å². The van der Waals surface area contributed by atoms with E-state index in [1.165, 1.54) is 12.1 Å². The number of halogens is 2. The minimum atomic E-state index is -0.300. The molecule has 0 fully saturated rings. The molecule has 0 spiro atoms. The van der Waals surface area contributed by atoms with Crippen LogP contribution in [0.15, 0.2) is 34.8 Å². The highest BCUT2D eigenvalue weighted by atomic mass is 79.9. The topological polar surface area (TPSA) is 55.1 Å². The zero-order valence-corrected chi connectivity index (χ0v) is 12.7. The van der Waals surface area contributed by atoms with Gasteiger partial charge in [-0.3, -0.25) is 4.79 Å². The fraction of sp³-hybridized carbons (Fsp3) is 0.133. The van der Waals surface area contributed by atoms with Crippen molar-refractivity contribution in [3.05, 3.63) is 57.3 Å². The third-order valence-electron chi connectivity index (χ3n) is 3.07. The molecular formula is C15H14BrFN2O. The van der Waals surface area contributed by atoms with Gasteiger partial charge < -0.3 is 11.1 Å². The summed E-state index contributed by atoms with van der Waals surface area (Å²) in [5.74, 6) is -0.576. The predicted octanol–water partition coefficient (Wildman–Crippen LogP) is 4.04. The number of nitrogen functional groups attached to an aromatic ring is 1. The van der Waals surface area contributed by atoms with Crippen LogP contribution in [0.5, 0.6) is 0 Å². The van der Waals surface area contributed by atoms with E-state index < -0.39 is 0 Å². The normalized spacial score (nSPS) is 10.4. The summed E-state index contributed by atoms with van der Waals surface area (Å²) in [5, 5.41) is 2.74. The molecule has 0 aromatic heterocycles. The van der Waals surface area contributed by atoms with Crippen LogP contribution in [0.3, 0.4) is 0 Å². The number of carbonyl (C=O) groups excluding carboxylic acids is 1. The van der Waals surface area contributed by atoms with E-state index in [1.807, 2.05) is 0 Å². The summed E-state index contributed by atoms with van der Waals surface area (Å²) in [6.07, 6.45) is 0. The predicted molar refractivity (Wildman–Crippen MR) is 82.4 cm³/mol. The molecule has 3 N–H and O–H groups in total. The van der Waals surface area contributed by atoms with Gasteiger partial charge in [-0.2, -0.15) is 0 Å².